The van der Waals surface area contributed by atoms with Gasteiger partial charge in [0.1, 0.15) is 0 Å². The molecular weight excluding hydrogens is 278 g/mol. The predicted octanol–water partition coefficient (Wildman–Crippen LogP) is 1.17. The second-order valence-electron chi connectivity index (χ2n) is 4.50. The van der Waals surface area contributed by atoms with E-state index in [9.17, 15) is 8.42 Å². The Hall–Kier alpha value is -2.02. The van der Waals surface area contributed by atoms with Crippen LogP contribution in [0, 0.1) is 0 Å². The first-order valence-electron chi connectivity index (χ1n) is 6.24. The van der Waals surface area contributed by atoms with Gasteiger partial charge in [-0.1, -0.05) is 24.2 Å². The Kier molecular flexibility index (Phi) is 3.99. The third-order valence-electron chi connectivity index (χ3n) is 3.26. The summed E-state index contributed by atoms with van der Waals surface area (Å²) in [6.07, 6.45) is 1.84. The zero-order chi connectivity index (χ0) is 14.8. The Bertz CT molecular complexity index is 747. The molecule has 0 aliphatic heterocycles. The summed E-state index contributed by atoms with van der Waals surface area (Å²) in [4.78, 5) is 0. The van der Waals surface area contributed by atoms with Crippen LogP contribution in [0.25, 0.3) is 10.9 Å². The number of rotatable bonds is 5. The van der Waals surface area contributed by atoms with Crippen LogP contribution >= 0.6 is 0 Å². The lowest BCUT2D eigenvalue weighted by molar-refractivity contribution is 0.318. The van der Waals surface area contributed by atoms with Crippen molar-refractivity contribution in [3.63, 3.8) is 0 Å². The van der Waals surface area contributed by atoms with Crippen LogP contribution in [0.15, 0.2) is 35.6 Å². The number of sulfone groups is 1. The van der Waals surface area contributed by atoms with Crippen molar-refractivity contribution in [2.75, 3.05) is 11.5 Å². The lowest BCUT2D eigenvalue weighted by Crippen LogP contribution is -2.15. The van der Waals surface area contributed by atoms with Crippen LogP contribution in [0.3, 0.4) is 0 Å². The maximum atomic E-state index is 11.6. The molecule has 1 aromatic heterocycles. The highest BCUT2D eigenvalue weighted by molar-refractivity contribution is 7.91. The molecule has 0 radical (unpaired) electrons. The number of nitrogens with two attached hydrogens (primary N) is 1. The number of oxime groups is 1. The van der Waals surface area contributed by atoms with Gasteiger partial charge in [-0.3, -0.25) is 0 Å². The van der Waals surface area contributed by atoms with Gasteiger partial charge in [0.2, 0.25) is 0 Å². The number of amidine groups is 1. The quantitative estimate of drug-likeness (QED) is 0.374. The first-order chi connectivity index (χ1) is 9.46. The fourth-order valence-corrected chi connectivity index (χ4v) is 2.74. The molecule has 0 fully saturated rings. The van der Waals surface area contributed by atoms with Crippen LogP contribution in [0.4, 0.5) is 0 Å². The third-order valence-corrected chi connectivity index (χ3v) is 4.94. The molecule has 108 valence electrons. The highest BCUT2D eigenvalue weighted by Gasteiger charge is 2.10. The molecule has 0 aliphatic carbocycles. The molecule has 0 aliphatic rings. The van der Waals surface area contributed by atoms with Gasteiger partial charge in [0.05, 0.1) is 5.75 Å². The molecule has 0 saturated carbocycles. The number of hydrogen-bond acceptors (Lipinski definition) is 4. The molecule has 7 heteroatoms. The molecule has 1 aromatic carbocycles. The van der Waals surface area contributed by atoms with E-state index in [-0.39, 0.29) is 17.3 Å². The molecule has 0 unspecified atom stereocenters. The largest absolute Gasteiger partial charge is 0.409 e. The minimum absolute atomic E-state index is 0.0285. The first-order valence-corrected chi connectivity index (χ1v) is 8.06. The molecule has 0 bridgehead atoms. The van der Waals surface area contributed by atoms with Gasteiger partial charge in [-0.2, -0.15) is 0 Å². The number of aryl methyl sites for hydroxylation is 1. The molecule has 6 nitrogen and oxygen atoms in total. The summed E-state index contributed by atoms with van der Waals surface area (Å²) in [6, 6.07) is 7.30. The van der Waals surface area contributed by atoms with Crippen LogP contribution in [0.1, 0.15) is 12.5 Å². The van der Waals surface area contributed by atoms with E-state index in [0.717, 1.165) is 10.9 Å². The minimum atomic E-state index is -3.00. The molecule has 3 N–H and O–H groups in total. The standard InChI is InChI=1S/C13H17N3O3S/c1-2-20(18,19)8-7-16-6-5-10-3-4-11(9-12(10)16)13(14)15-17/h3-6,9,17H,2,7-8H2,1H3,(H2,14,15). The summed E-state index contributed by atoms with van der Waals surface area (Å²) in [6.45, 7) is 2.03. The van der Waals surface area contributed by atoms with E-state index in [2.05, 4.69) is 5.16 Å². The van der Waals surface area contributed by atoms with Gasteiger partial charge in [0.25, 0.3) is 0 Å². The van der Waals surface area contributed by atoms with E-state index in [1.165, 1.54) is 0 Å². The van der Waals surface area contributed by atoms with E-state index in [4.69, 9.17) is 10.9 Å². The van der Waals surface area contributed by atoms with Crippen LogP contribution in [0.2, 0.25) is 0 Å². The maximum absolute atomic E-state index is 11.6. The van der Waals surface area contributed by atoms with Crippen LogP contribution < -0.4 is 5.73 Å². The molecule has 2 rings (SSSR count). The zero-order valence-electron chi connectivity index (χ0n) is 11.2. The topological polar surface area (TPSA) is 97.7 Å². The Morgan fingerprint density at radius 2 is 2.15 bits per heavy atom. The van der Waals surface area contributed by atoms with E-state index in [0.29, 0.717) is 12.1 Å². The summed E-state index contributed by atoms with van der Waals surface area (Å²) in [5.41, 5.74) is 7.02. The summed E-state index contributed by atoms with van der Waals surface area (Å²) in [7, 11) is -3.00. The highest BCUT2D eigenvalue weighted by Crippen LogP contribution is 2.18. The van der Waals surface area contributed by atoms with Crippen molar-refractivity contribution in [1.82, 2.24) is 4.57 Å². The highest BCUT2D eigenvalue weighted by atomic mass is 32.2. The molecule has 1 heterocycles. The van der Waals surface area contributed by atoms with Crippen LogP contribution in [-0.4, -0.2) is 35.5 Å². The number of hydrogen-bond donors (Lipinski definition) is 2. The Morgan fingerprint density at radius 1 is 1.40 bits per heavy atom. The van der Waals surface area contributed by atoms with Crippen molar-refractivity contribution in [3.8, 4) is 0 Å². The average Bonchev–Trinajstić information content (AvgIpc) is 2.86. The SMILES string of the molecule is CCS(=O)(=O)CCn1ccc2ccc(/C(N)=N/O)cc21. The molecule has 0 atom stereocenters. The van der Waals surface area contributed by atoms with Gasteiger partial charge in [-0.05, 0) is 17.5 Å². The number of fused-ring (bicyclic) bond motifs is 1. The van der Waals surface area contributed by atoms with Crippen molar-refractivity contribution >= 4 is 26.6 Å². The monoisotopic (exact) mass is 295 g/mol. The molecule has 2 aromatic rings. The molecule has 20 heavy (non-hydrogen) atoms. The van der Waals surface area contributed by atoms with Crippen molar-refractivity contribution < 1.29 is 13.6 Å². The minimum Gasteiger partial charge on any atom is -0.409 e. The van der Waals surface area contributed by atoms with Gasteiger partial charge in [0.15, 0.2) is 15.7 Å². The number of nitrogens with zero attached hydrogens (tertiary/aromatic N) is 2. The zero-order valence-corrected chi connectivity index (χ0v) is 12.0. The van der Waals surface area contributed by atoms with Crippen LogP contribution in [0.5, 0.6) is 0 Å². The number of benzene rings is 1. The van der Waals surface area contributed by atoms with Gasteiger partial charge >= 0.3 is 0 Å². The molecule has 0 spiro atoms. The van der Waals surface area contributed by atoms with E-state index in [1.54, 1.807) is 19.1 Å². The van der Waals surface area contributed by atoms with Gasteiger partial charge in [0, 0.05) is 29.6 Å². The predicted molar refractivity (Wildman–Crippen MR) is 78.8 cm³/mol. The summed E-state index contributed by atoms with van der Waals surface area (Å²) < 4.78 is 25.0. The fraction of sp³-hybridized carbons (Fsp3) is 0.308. The molecule has 0 saturated heterocycles. The maximum Gasteiger partial charge on any atom is 0.170 e. The van der Waals surface area contributed by atoms with Crippen molar-refractivity contribution in [2.24, 2.45) is 10.9 Å². The van der Waals surface area contributed by atoms with Gasteiger partial charge in [-0.15, -0.1) is 0 Å². The van der Waals surface area contributed by atoms with E-state index in [1.807, 2.05) is 22.9 Å². The van der Waals surface area contributed by atoms with Crippen LogP contribution in [-0.2, 0) is 16.4 Å². The summed E-state index contributed by atoms with van der Waals surface area (Å²) in [5, 5.41) is 12.6. The smallest absolute Gasteiger partial charge is 0.170 e. The lowest BCUT2D eigenvalue weighted by Gasteiger charge is -2.07. The molecular formula is C13H17N3O3S. The summed E-state index contributed by atoms with van der Waals surface area (Å²) in [5.74, 6) is 0.267. The first kappa shape index (κ1) is 14.4. The van der Waals surface area contributed by atoms with Crippen molar-refractivity contribution in [1.29, 1.82) is 0 Å². The second kappa shape index (κ2) is 5.54. The van der Waals surface area contributed by atoms with Gasteiger partial charge in [-0.25, -0.2) is 8.42 Å². The van der Waals surface area contributed by atoms with Gasteiger partial charge < -0.3 is 15.5 Å². The number of aromatic nitrogens is 1. The van der Waals surface area contributed by atoms with E-state index < -0.39 is 9.84 Å². The Morgan fingerprint density at radius 3 is 2.80 bits per heavy atom. The second-order valence-corrected chi connectivity index (χ2v) is 6.98. The molecule has 0 amide bonds. The fourth-order valence-electron chi connectivity index (χ4n) is 1.98. The normalized spacial score (nSPS) is 12.9. The summed E-state index contributed by atoms with van der Waals surface area (Å²) >= 11 is 0. The Balaban J connectivity index is 2.35. The van der Waals surface area contributed by atoms with Crippen molar-refractivity contribution in [3.05, 3.63) is 36.0 Å². The Labute approximate surface area is 117 Å². The average molecular weight is 295 g/mol. The van der Waals surface area contributed by atoms with Crippen molar-refractivity contribution in [2.45, 2.75) is 13.5 Å². The lowest BCUT2D eigenvalue weighted by atomic mass is 10.1. The third kappa shape index (κ3) is 2.93. The van der Waals surface area contributed by atoms with E-state index >= 15 is 0 Å².